The Balaban J connectivity index is 2.22. The van der Waals surface area contributed by atoms with Gasteiger partial charge in [-0.1, -0.05) is 35.4 Å². The first-order valence-corrected chi connectivity index (χ1v) is 9.55. The topological polar surface area (TPSA) is 56.8 Å². The van der Waals surface area contributed by atoms with Gasteiger partial charge in [0.05, 0.1) is 31.5 Å². The maximum absolute atomic E-state index is 11.7. The second kappa shape index (κ2) is 9.27. The normalized spacial score (nSPS) is 19.0. The molecule has 0 aromatic heterocycles. The number of carbonyl (C=O) groups excluding carboxylic acids is 1. The molecule has 1 fully saturated rings. The Morgan fingerprint density at radius 1 is 1.18 bits per heavy atom. The number of carbonyl (C=O) groups is 1. The van der Waals surface area contributed by atoms with Gasteiger partial charge in [0.1, 0.15) is 5.60 Å². The van der Waals surface area contributed by atoms with Gasteiger partial charge in [0.25, 0.3) is 0 Å². The van der Waals surface area contributed by atoms with Crippen LogP contribution >= 0.6 is 22.6 Å². The molecule has 0 spiro atoms. The summed E-state index contributed by atoms with van der Waals surface area (Å²) < 4.78 is 17.7. The Kier molecular flexibility index (Phi) is 8.42. The molecule has 6 heteroatoms. The minimum atomic E-state index is -0.485. The molecule has 1 amide bonds. The average molecular weight is 427 g/mol. The van der Waals surface area contributed by atoms with Crippen LogP contribution in [0.2, 0.25) is 0 Å². The number of amides is 1. The molecule has 0 heterocycles. The smallest absolute Gasteiger partial charge is 0.407 e. The van der Waals surface area contributed by atoms with Gasteiger partial charge >= 0.3 is 6.09 Å². The van der Waals surface area contributed by atoms with Gasteiger partial charge in [0.2, 0.25) is 0 Å². The number of nitrogens with one attached hydrogen (secondary N) is 1. The number of ether oxygens (including phenoxy) is 3. The SMILES string of the molecule is CC(C)(C)OC(=O)NCC(C)(CI)OCCOC1CCCC1. The molecular formula is C16H30INO4. The minimum absolute atomic E-state index is 0.406. The van der Waals surface area contributed by atoms with Gasteiger partial charge in [-0.25, -0.2) is 4.79 Å². The highest BCUT2D eigenvalue weighted by Gasteiger charge is 2.26. The number of alkyl halides is 1. The van der Waals surface area contributed by atoms with E-state index in [1.54, 1.807) is 0 Å². The summed E-state index contributed by atoms with van der Waals surface area (Å²) in [6, 6.07) is 0. The van der Waals surface area contributed by atoms with Crippen LogP contribution in [0, 0.1) is 0 Å². The Morgan fingerprint density at radius 2 is 1.82 bits per heavy atom. The Hall–Kier alpha value is -0.0800. The van der Waals surface area contributed by atoms with Gasteiger partial charge in [0.15, 0.2) is 0 Å². The first-order chi connectivity index (χ1) is 10.2. The van der Waals surface area contributed by atoms with Crippen LogP contribution in [-0.4, -0.2) is 47.6 Å². The lowest BCUT2D eigenvalue weighted by Crippen LogP contribution is -2.46. The fraction of sp³-hybridized carbons (Fsp3) is 0.938. The molecule has 0 aromatic carbocycles. The van der Waals surface area contributed by atoms with Crippen LogP contribution in [0.25, 0.3) is 0 Å². The fourth-order valence-electron chi connectivity index (χ4n) is 2.27. The molecule has 1 rings (SSSR count). The van der Waals surface area contributed by atoms with E-state index in [-0.39, 0.29) is 0 Å². The highest BCUT2D eigenvalue weighted by molar-refractivity contribution is 14.1. The molecule has 22 heavy (non-hydrogen) atoms. The molecule has 130 valence electrons. The van der Waals surface area contributed by atoms with Crippen molar-refractivity contribution >= 4 is 28.7 Å². The summed E-state index contributed by atoms with van der Waals surface area (Å²) in [6.45, 7) is 9.12. The Labute approximate surface area is 148 Å². The second-order valence-corrected chi connectivity index (χ2v) is 7.83. The molecule has 1 saturated carbocycles. The maximum Gasteiger partial charge on any atom is 0.407 e. The van der Waals surface area contributed by atoms with Crippen molar-refractivity contribution in [2.24, 2.45) is 0 Å². The van der Waals surface area contributed by atoms with Gasteiger partial charge < -0.3 is 19.5 Å². The number of hydrogen-bond donors (Lipinski definition) is 1. The molecule has 0 radical (unpaired) electrons. The number of alkyl carbamates (subject to hydrolysis) is 1. The first kappa shape index (κ1) is 20.0. The van der Waals surface area contributed by atoms with E-state index in [0.29, 0.717) is 25.9 Å². The third-order valence-electron chi connectivity index (χ3n) is 3.48. The summed E-state index contributed by atoms with van der Waals surface area (Å²) in [7, 11) is 0. The molecular weight excluding hydrogens is 397 g/mol. The van der Waals surface area contributed by atoms with Crippen LogP contribution in [0.4, 0.5) is 4.79 Å². The predicted octanol–water partition coefficient (Wildman–Crippen LogP) is 3.68. The van der Waals surface area contributed by atoms with Crippen molar-refractivity contribution in [1.82, 2.24) is 5.32 Å². The number of halogens is 1. The van der Waals surface area contributed by atoms with E-state index in [4.69, 9.17) is 14.2 Å². The van der Waals surface area contributed by atoms with Crippen molar-refractivity contribution < 1.29 is 19.0 Å². The Morgan fingerprint density at radius 3 is 2.36 bits per heavy atom. The molecule has 0 aromatic rings. The quantitative estimate of drug-likeness (QED) is 0.365. The summed E-state index contributed by atoms with van der Waals surface area (Å²) in [6.07, 6.45) is 4.89. The third-order valence-corrected chi connectivity index (χ3v) is 5.09. The van der Waals surface area contributed by atoms with Crippen LogP contribution in [-0.2, 0) is 14.2 Å². The highest BCUT2D eigenvalue weighted by Crippen LogP contribution is 2.21. The van der Waals surface area contributed by atoms with Crippen LogP contribution in [0.3, 0.4) is 0 Å². The van der Waals surface area contributed by atoms with Gasteiger partial charge in [-0.2, -0.15) is 0 Å². The summed E-state index contributed by atoms with van der Waals surface area (Å²) in [5.74, 6) is 0. The molecule has 1 unspecified atom stereocenters. The van der Waals surface area contributed by atoms with E-state index in [1.165, 1.54) is 25.7 Å². The zero-order valence-electron chi connectivity index (χ0n) is 14.2. The molecule has 1 atom stereocenters. The van der Waals surface area contributed by atoms with E-state index in [0.717, 1.165) is 4.43 Å². The number of hydrogen-bond acceptors (Lipinski definition) is 4. The van der Waals surface area contributed by atoms with E-state index >= 15 is 0 Å². The zero-order chi connectivity index (χ0) is 16.6. The standard InChI is InChI=1S/C16H30INO4/c1-15(2,3)22-14(19)18-12-16(4,11-17)21-10-9-20-13-7-5-6-8-13/h13H,5-12H2,1-4H3,(H,18,19). The molecule has 1 aliphatic carbocycles. The van der Waals surface area contributed by atoms with Crippen molar-refractivity contribution in [2.75, 3.05) is 24.2 Å². The molecule has 0 bridgehead atoms. The van der Waals surface area contributed by atoms with Crippen molar-refractivity contribution in [3.05, 3.63) is 0 Å². The fourth-order valence-corrected chi connectivity index (χ4v) is 2.76. The van der Waals surface area contributed by atoms with E-state index in [1.807, 2.05) is 27.7 Å². The Bertz CT molecular complexity index is 340. The molecule has 1 aliphatic rings. The predicted molar refractivity (Wildman–Crippen MR) is 95.7 cm³/mol. The van der Waals surface area contributed by atoms with Crippen molar-refractivity contribution in [3.63, 3.8) is 0 Å². The largest absolute Gasteiger partial charge is 0.444 e. The molecule has 1 N–H and O–H groups in total. The summed E-state index contributed by atoms with van der Waals surface area (Å²) in [5.41, 5.74) is -0.892. The van der Waals surface area contributed by atoms with Crippen molar-refractivity contribution in [1.29, 1.82) is 0 Å². The van der Waals surface area contributed by atoms with Crippen molar-refractivity contribution in [2.45, 2.75) is 70.7 Å². The van der Waals surface area contributed by atoms with Gasteiger partial charge in [-0.05, 0) is 40.5 Å². The lowest BCUT2D eigenvalue weighted by Gasteiger charge is -2.29. The van der Waals surface area contributed by atoms with Crippen molar-refractivity contribution in [3.8, 4) is 0 Å². The van der Waals surface area contributed by atoms with E-state index < -0.39 is 17.3 Å². The monoisotopic (exact) mass is 427 g/mol. The maximum atomic E-state index is 11.7. The molecule has 5 nitrogen and oxygen atoms in total. The first-order valence-electron chi connectivity index (χ1n) is 8.02. The molecule has 0 aliphatic heterocycles. The lowest BCUT2D eigenvalue weighted by molar-refractivity contribution is -0.0547. The number of rotatable bonds is 8. The van der Waals surface area contributed by atoms with Gasteiger partial charge in [-0.15, -0.1) is 0 Å². The van der Waals surface area contributed by atoms with Crippen LogP contribution in [0.1, 0.15) is 53.4 Å². The van der Waals surface area contributed by atoms with E-state index in [2.05, 4.69) is 27.9 Å². The van der Waals surface area contributed by atoms with Crippen LogP contribution in [0.15, 0.2) is 0 Å². The van der Waals surface area contributed by atoms with Crippen LogP contribution in [0.5, 0.6) is 0 Å². The molecule has 0 saturated heterocycles. The van der Waals surface area contributed by atoms with E-state index in [9.17, 15) is 4.79 Å². The van der Waals surface area contributed by atoms with Crippen LogP contribution < -0.4 is 5.32 Å². The lowest BCUT2D eigenvalue weighted by atomic mass is 10.1. The zero-order valence-corrected chi connectivity index (χ0v) is 16.4. The average Bonchev–Trinajstić information content (AvgIpc) is 2.93. The second-order valence-electron chi connectivity index (χ2n) is 7.06. The summed E-state index contributed by atoms with van der Waals surface area (Å²) >= 11 is 2.27. The van der Waals surface area contributed by atoms with Gasteiger partial charge in [-0.3, -0.25) is 0 Å². The summed E-state index contributed by atoms with van der Waals surface area (Å²) in [5, 5.41) is 2.78. The minimum Gasteiger partial charge on any atom is -0.444 e. The summed E-state index contributed by atoms with van der Waals surface area (Å²) in [4.78, 5) is 11.7. The van der Waals surface area contributed by atoms with Gasteiger partial charge in [0, 0.05) is 4.43 Å². The highest BCUT2D eigenvalue weighted by atomic mass is 127. The third kappa shape index (κ3) is 8.53.